The predicted octanol–water partition coefficient (Wildman–Crippen LogP) is 6.71. The Labute approximate surface area is 237 Å². The standard InChI is InChI=1S/C28H25BrClFN4O4/c1-28(2,3)39-27(37)35-24-18(25(32)33-35)12-19(29)21-22(24)26(36)34(13-14-5-8-16(38-4)9-6-14)23(21)17-11-15(31)7-10-20(17)30/h5-12,23H,13H2,1-4H3,(H2,32,33). The van der Waals surface area contributed by atoms with Gasteiger partial charge in [-0.2, -0.15) is 4.68 Å². The number of aromatic nitrogens is 2. The highest BCUT2D eigenvalue weighted by atomic mass is 79.9. The molecular formula is C28H25BrClFN4O4. The molecule has 202 valence electrons. The minimum Gasteiger partial charge on any atom is -0.497 e. The molecule has 5 rings (SSSR count). The fourth-order valence-corrected chi connectivity index (χ4v) is 5.62. The minimum absolute atomic E-state index is 0.0566. The Kier molecular flexibility index (Phi) is 6.80. The lowest BCUT2D eigenvalue weighted by Gasteiger charge is -2.27. The number of nitrogen functional groups attached to an aromatic ring is 1. The van der Waals surface area contributed by atoms with Gasteiger partial charge in [0.15, 0.2) is 5.82 Å². The summed E-state index contributed by atoms with van der Waals surface area (Å²) in [6, 6.07) is 12.2. The third-order valence-electron chi connectivity index (χ3n) is 6.38. The van der Waals surface area contributed by atoms with Gasteiger partial charge in [0.25, 0.3) is 5.91 Å². The molecule has 2 heterocycles. The number of fused-ring (bicyclic) bond motifs is 3. The van der Waals surface area contributed by atoms with Crippen LogP contribution in [-0.4, -0.2) is 39.4 Å². The van der Waals surface area contributed by atoms with Crippen molar-refractivity contribution in [3.63, 3.8) is 0 Å². The van der Waals surface area contributed by atoms with Gasteiger partial charge in [0.1, 0.15) is 17.2 Å². The number of hydrogen-bond acceptors (Lipinski definition) is 6. The zero-order valence-corrected chi connectivity index (χ0v) is 23.9. The SMILES string of the molecule is COc1ccc(CN2C(=O)c3c(c(Br)cc4c(N)nn(C(=O)OC(C)(C)C)c34)C2c2cc(F)ccc2Cl)cc1. The van der Waals surface area contributed by atoms with Crippen LogP contribution in [0.1, 0.15) is 53.9 Å². The summed E-state index contributed by atoms with van der Waals surface area (Å²) in [6.45, 7) is 5.35. The van der Waals surface area contributed by atoms with Crippen LogP contribution in [0, 0.1) is 5.82 Å². The third-order valence-corrected chi connectivity index (χ3v) is 7.38. The van der Waals surface area contributed by atoms with Gasteiger partial charge in [0.05, 0.1) is 24.2 Å². The van der Waals surface area contributed by atoms with E-state index in [1.54, 1.807) is 51.0 Å². The summed E-state index contributed by atoms with van der Waals surface area (Å²) < 4.78 is 26.9. The van der Waals surface area contributed by atoms with E-state index < -0.39 is 29.5 Å². The number of nitrogens with two attached hydrogens (primary N) is 1. The molecule has 1 aliphatic heterocycles. The second-order valence-corrected chi connectivity index (χ2v) is 11.4. The summed E-state index contributed by atoms with van der Waals surface area (Å²) >= 11 is 10.2. The topological polar surface area (TPSA) is 99.7 Å². The second-order valence-electron chi connectivity index (χ2n) is 10.2. The molecular weight excluding hydrogens is 591 g/mol. The van der Waals surface area contributed by atoms with Crippen molar-refractivity contribution in [3.05, 3.63) is 86.1 Å². The van der Waals surface area contributed by atoms with Gasteiger partial charge in [-0.25, -0.2) is 9.18 Å². The highest BCUT2D eigenvalue weighted by molar-refractivity contribution is 9.10. The monoisotopic (exact) mass is 614 g/mol. The summed E-state index contributed by atoms with van der Waals surface area (Å²) in [4.78, 5) is 29.0. The molecule has 0 saturated carbocycles. The zero-order valence-electron chi connectivity index (χ0n) is 21.6. The number of anilines is 1. The van der Waals surface area contributed by atoms with Crippen LogP contribution in [0.4, 0.5) is 15.0 Å². The van der Waals surface area contributed by atoms with Gasteiger partial charge in [-0.15, -0.1) is 5.10 Å². The van der Waals surface area contributed by atoms with Crippen molar-refractivity contribution in [2.45, 2.75) is 39.0 Å². The number of ether oxygens (including phenoxy) is 2. The van der Waals surface area contributed by atoms with E-state index in [0.717, 1.165) is 10.2 Å². The number of carbonyl (C=O) groups excluding carboxylic acids is 2. The molecule has 1 atom stereocenters. The first kappa shape index (κ1) is 27.0. The molecule has 0 aliphatic carbocycles. The first-order valence-corrected chi connectivity index (χ1v) is 13.2. The van der Waals surface area contributed by atoms with Gasteiger partial charge in [0, 0.05) is 32.6 Å². The lowest BCUT2D eigenvalue weighted by atomic mass is 9.96. The largest absolute Gasteiger partial charge is 0.497 e. The number of rotatable bonds is 4. The molecule has 0 saturated heterocycles. The van der Waals surface area contributed by atoms with E-state index >= 15 is 0 Å². The van der Waals surface area contributed by atoms with E-state index in [1.807, 2.05) is 12.1 Å². The predicted molar refractivity (Wildman–Crippen MR) is 150 cm³/mol. The van der Waals surface area contributed by atoms with Crippen molar-refractivity contribution in [1.29, 1.82) is 0 Å². The molecule has 1 unspecified atom stereocenters. The highest BCUT2D eigenvalue weighted by Crippen LogP contribution is 2.48. The van der Waals surface area contributed by atoms with Crippen LogP contribution in [0.3, 0.4) is 0 Å². The third kappa shape index (κ3) is 4.83. The molecule has 0 bridgehead atoms. The fourth-order valence-electron chi connectivity index (χ4n) is 4.76. The van der Waals surface area contributed by atoms with Crippen LogP contribution in [0.5, 0.6) is 5.75 Å². The van der Waals surface area contributed by atoms with Crippen LogP contribution in [0.25, 0.3) is 10.9 Å². The Morgan fingerprint density at radius 1 is 1.18 bits per heavy atom. The number of nitrogens with zero attached hydrogens (tertiary/aromatic N) is 3. The van der Waals surface area contributed by atoms with Crippen LogP contribution >= 0.6 is 27.5 Å². The Hall–Kier alpha value is -3.63. The quantitative estimate of drug-likeness (QED) is 0.274. The van der Waals surface area contributed by atoms with Gasteiger partial charge >= 0.3 is 6.09 Å². The number of halogens is 3. The number of hydrogen-bond donors (Lipinski definition) is 1. The molecule has 1 aliphatic rings. The van der Waals surface area contributed by atoms with Crippen molar-refractivity contribution >= 4 is 56.3 Å². The van der Waals surface area contributed by atoms with Crippen molar-refractivity contribution in [3.8, 4) is 5.75 Å². The smallest absolute Gasteiger partial charge is 0.435 e. The number of methoxy groups -OCH3 is 1. The first-order chi connectivity index (χ1) is 18.4. The Morgan fingerprint density at radius 3 is 2.51 bits per heavy atom. The zero-order chi connectivity index (χ0) is 28.2. The van der Waals surface area contributed by atoms with Crippen molar-refractivity contribution in [2.75, 3.05) is 12.8 Å². The molecule has 8 nitrogen and oxygen atoms in total. The lowest BCUT2D eigenvalue weighted by molar-refractivity contribution is 0.0523. The van der Waals surface area contributed by atoms with Crippen molar-refractivity contribution < 1.29 is 23.5 Å². The number of amides is 1. The van der Waals surface area contributed by atoms with Crippen LogP contribution in [0.15, 0.2) is 53.0 Å². The van der Waals surface area contributed by atoms with E-state index in [1.165, 1.54) is 18.2 Å². The maximum Gasteiger partial charge on any atom is 0.435 e. The van der Waals surface area contributed by atoms with Crippen LogP contribution < -0.4 is 10.5 Å². The molecule has 1 aromatic heterocycles. The maximum atomic E-state index is 14.5. The van der Waals surface area contributed by atoms with Gasteiger partial charge in [-0.3, -0.25) is 4.79 Å². The van der Waals surface area contributed by atoms with Gasteiger partial charge < -0.3 is 20.1 Å². The van der Waals surface area contributed by atoms with Gasteiger partial charge in [-0.05, 0) is 62.7 Å². The number of benzene rings is 3. The fraction of sp³-hybridized carbons (Fsp3) is 0.250. The van der Waals surface area contributed by atoms with Crippen molar-refractivity contribution in [1.82, 2.24) is 14.7 Å². The minimum atomic E-state index is -0.815. The summed E-state index contributed by atoms with van der Waals surface area (Å²) in [6.07, 6.45) is -0.782. The summed E-state index contributed by atoms with van der Waals surface area (Å²) in [5.74, 6) is -0.177. The molecule has 1 amide bonds. The normalized spacial score (nSPS) is 15.1. The summed E-state index contributed by atoms with van der Waals surface area (Å²) in [7, 11) is 1.57. The lowest BCUT2D eigenvalue weighted by Crippen LogP contribution is -2.29. The van der Waals surface area contributed by atoms with Crippen LogP contribution in [0.2, 0.25) is 5.02 Å². The second kappa shape index (κ2) is 9.84. The summed E-state index contributed by atoms with van der Waals surface area (Å²) in [5, 5.41) is 4.90. The summed E-state index contributed by atoms with van der Waals surface area (Å²) in [5.41, 5.74) is 7.51. The molecule has 2 N–H and O–H groups in total. The van der Waals surface area contributed by atoms with E-state index in [9.17, 15) is 14.0 Å². The van der Waals surface area contributed by atoms with E-state index in [4.69, 9.17) is 26.8 Å². The van der Waals surface area contributed by atoms with Gasteiger partial charge in [0.2, 0.25) is 0 Å². The Morgan fingerprint density at radius 2 is 1.87 bits per heavy atom. The number of carbonyl (C=O) groups is 2. The molecule has 0 radical (unpaired) electrons. The molecule has 39 heavy (non-hydrogen) atoms. The first-order valence-electron chi connectivity index (χ1n) is 12.0. The van der Waals surface area contributed by atoms with E-state index in [-0.39, 0.29) is 28.5 Å². The molecule has 3 aromatic carbocycles. The molecule has 0 fully saturated rings. The molecule has 0 spiro atoms. The van der Waals surface area contributed by atoms with Crippen molar-refractivity contribution in [2.24, 2.45) is 0 Å². The average Bonchev–Trinajstić information content (AvgIpc) is 3.35. The van der Waals surface area contributed by atoms with E-state index in [0.29, 0.717) is 26.7 Å². The highest BCUT2D eigenvalue weighted by Gasteiger charge is 2.43. The van der Waals surface area contributed by atoms with E-state index in [2.05, 4.69) is 21.0 Å². The van der Waals surface area contributed by atoms with Crippen LogP contribution in [-0.2, 0) is 11.3 Å². The molecule has 11 heteroatoms. The molecule has 4 aromatic rings. The maximum absolute atomic E-state index is 14.5. The Bertz CT molecular complexity index is 1630. The Balaban J connectivity index is 1.76. The van der Waals surface area contributed by atoms with Gasteiger partial charge in [-0.1, -0.05) is 39.7 Å². The average molecular weight is 616 g/mol.